The number of sulfonamides is 1. The maximum absolute atomic E-state index is 12.5. The van der Waals surface area contributed by atoms with Gasteiger partial charge >= 0.3 is 0 Å². The van der Waals surface area contributed by atoms with Gasteiger partial charge in [0, 0.05) is 13.1 Å². The van der Waals surface area contributed by atoms with Crippen molar-refractivity contribution in [2.45, 2.75) is 18.1 Å². The molecule has 0 radical (unpaired) electrons. The summed E-state index contributed by atoms with van der Waals surface area (Å²) in [7, 11) is -3.22. The Morgan fingerprint density at radius 2 is 1.57 bits per heavy atom. The van der Waals surface area contributed by atoms with E-state index in [1.54, 1.807) is 4.31 Å². The van der Waals surface area contributed by atoms with Crippen molar-refractivity contribution >= 4 is 10.0 Å². The Hall–Kier alpha value is -1.65. The highest BCUT2D eigenvalue weighted by molar-refractivity contribution is 7.88. The Bertz CT molecular complexity index is 683. The fraction of sp³-hybridized carbons (Fsp3) is 0.294. The highest BCUT2D eigenvalue weighted by Gasteiger charge is 2.31. The minimum absolute atomic E-state index is 0.0926. The highest BCUT2D eigenvalue weighted by Crippen LogP contribution is 2.29. The van der Waals surface area contributed by atoms with E-state index in [9.17, 15) is 8.42 Å². The van der Waals surface area contributed by atoms with Crippen LogP contribution in [0.25, 0.3) is 0 Å². The minimum atomic E-state index is -3.22. The normalized spacial score (nSPS) is 19.7. The summed E-state index contributed by atoms with van der Waals surface area (Å²) in [6, 6.07) is 19.6. The molecule has 0 spiro atoms. The SMILES string of the molecule is O=S(=O)(Cc1ccccc1)N1CCC(c2ccccc2)C1. The largest absolute Gasteiger partial charge is 0.218 e. The number of nitrogens with zero attached hydrogens (tertiary/aromatic N) is 1. The fourth-order valence-corrected chi connectivity index (χ4v) is 4.44. The van der Waals surface area contributed by atoms with Crippen LogP contribution in [0.2, 0.25) is 0 Å². The van der Waals surface area contributed by atoms with Crippen LogP contribution < -0.4 is 0 Å². The van der Waals surface area contributed by atoms with Crippen LogP contribution in [-0.2, 0) is 15.8 Å². The lowest BCUT2D eigenvalue weighted by atomic mass is 9.99. The van der Waals surface area contributed by atoms with Gasteiger partial charge in [0.05, 0.1) is 5.75 Å². The zero-order chi connectivity index (χ0) is 14.7. The smallest absolute Gasteiger partial charge is 0.212 e. The molecule has 1 atom stereocenters. The monoisotopic (exact) mass is 301 g/mol. The summed E-state index contributed by atoms with van der Waals surface area (Å²) >= 11 is 0. The predicted molar refractivity (Wildman–Crippen MR) is 84.4 cm³/mol. The average Bonchev–Trinajstić information content (AvgIpc) is 2.99. The third-order valence-electron chi connectivity index (χ3n) is 4.01. The van der Waals surface area contributed by atoms with E-state index in [0.717, 1.165) is 12.0 Å². The van der Waals surface area contributed by atoms with Crippen LogP contribution in [0.5, 0.6) is 0 Å². The summed E-state index contributed by atoms with van der Waals surface area (Å²) < 4.78 is 26.6. The van der Waals surface area contributed by atoms with Crippen LogP contribution >= 0.6 is 0 Å². The fourth-order valence-electron chi connectivity index (χ4n) is 2.85. The standard InChI is InChI=1S/C17H19NO2S/c19-21(20,14-15-7-3-1-4-8-15)18-12-11-17(13-18)16-9-5-2-6-10-16/h1-10,17H,11-14H2. The first-order valence-corrected chi connectivity index (χ1v) is 8.83. The molecule has 4 heteroatoms. The summed E-state index contributed by atoms with van der Waals surface area (Å²) in [6.45, 7) is 1.22. The molecule has 2 aromatic rings. The van der Waals surface area contributed by atoms with Gasteiger partial charge in [-0.1, -0.05) is 60.7 Å². The third-order valence-corrected chi connectivity index (χ3v) is 5.82. The van der Waals surface area contributed by atoms with Crippen LogP contribution in [0.3, 0.4) is 0 Å². The maximum Gasteiger partial charge on any atom is 0.218 e. The van der Waals surface area contributed by atoms with E-state index in [1.807, 2.05) is 48.5 Å². The lowest BCUT2D eigenvalue weighted by Crippen LogP contribution is -2.29. The van der Waals surface area contributed by atoms with Crippen molar-refractivity contribution in [2.24, 2.45) is 0 Å². The second-order valence-corrected chi connectivity index (χ2v) is 7.47. The van der Waals surface area contributed by atoms with E-state index in [2.05, 4.69) is 12.1 Å². The van der Waals surface area contributed by atoms with E-state index < -0.39 is 10.0 Å². The van der Waals surface area contributed by atoms with Gasteiger partial charge in [-0.3, -0.25) is 0 Å². The molecule has 1 aliphatic rings. The molecule has 1 aliphatic heterocycles. The van der Waals surface area contributed by atoms with Crippen LogP contribution in [0, 0.1) is 0 Å². The third kappa shape index (κ3) is 3.34. The van der Waals surface area contributed by atoms with Gasteiger partial charge in [0.25, 0.3) is 0 Å². The van der Waals surface area contributed by atoms with Crippen LogP contribution in [-0.4, -0.2) is 25.8 Å². The molecule has 3 nitrogen and oxygen atoms in total. The number of hydrogen-bond acceptors (Lipinski definition) is 2. The van der Waals surface area contributed by atoms with Crippen molar-refractivity contribution in [1.29, 1.82) is 0 Å². The van der Waals surface area contributed by atoms with Gasteiger partial charge in [0.2, 0.25) is 10.0 Å². The van der Waals surface area contributed by atoms with Crippen LogP contribution in [0.1, 0.15) is 23.5 Å². The summed E-state index contributed by atoms with van der Waals surface area (Å²) in [5, 5.41) is 0. The summed E-state index contributed by atoms with van der Waals surface area (Å²) in [5.41, 5.74) is 2.08. The van der Waals surface area contributed by atoms with E-state index in [1.165, 1.54) is 5.56 Å². The first-order chi connectivity index (χ1) is 10.1. The van der Waals surface area contributed by atoms with Crippen molar-refractivity contribution < 1.29 is 8.42 Å². The van der Waals surface area contributed by atoms with Crippen molar-refractivity contribution in [3.8, 4) is 0 Å². The first kappa shape index (κ1) is 14.3. The Morgan fingerprint density at radius 1 is 0.952 bits per heavy atom. The van der Waals surface area contributed by atoms with Gasteiger partial charge in [-0.15, -0.1) is 0 Å². The van der Waals surface area contributed by atoms with E-state index in [-0.39, 0.29) is 5.75 Å². The highest BCUT2D eigenvalue weighted by atomic mass is 32.2. The Morgan fingerprint density at radius 3 is 2.24 bits per heavy atom. The van der Waals surface area contributed by atoms with Crippen molar-refractivity contribution in [3.63, 3.8) is 0 Å². The van der Waals surface area contributed by atoms with Gasteiger partial charge in [-0.2, -0.15) is 0 Å². The molecule has 3 rings (SSSR count). The Kier molecular flexibility index (Phi) is 4.08. The van der Waals surface area contributed by atoms with Gasteiger partial charge in [0.1, 0.15) is 0 Å². The molecule has 0 aliphatic carbocycles. The number of hydrogen-bond donors (Lipinski definition) is 0. The summed E-state index contributed by atoms with van der Waals surface area (Å²) in [4.78, 5) is 0. The second kappa shape index (κ2) is 6.00. The van der Waals surface area contributed by atoms with Crippen molar-refractivity contribution in [2.75, 3.05) is 13.1 Å². The van der Waals surface area contributed by atoms with Crippen molar-refractivity contribution in [1.82, 2.24) is 4.31 Å². The molecule has 0 aromatic heterocycles. The molecule has 2 aromatic carbocycles. The lowest BCUT2D eigenvalue weighted by Gasteiger charge is -2.17. The van der Waals surface area contributed by atoms with Gasteiger partial charge < -0.3 is 0 Å². The molecule has 0 bridgehead atoms. The minimum Gasteiger partial charge on any atom is -0.212 e. The molecule has 0 amide bonds. The molecule has 110 valence electrons. The van der Waals surface area contributed by atoms with Gasteiger partial charge in [-0.25, -0.2) is 12.7 Å². The second-order valence-electron chi connectivity index (χ2n) is 5.50. The number of benzene rings is 2. The molecule has 0 saturated carbocycles. The molecule has 1 unspecified atom stereocenters. The van der Waals surface area contributed by atoms with Crippen molar-refractivity contribution in [3.05, 3.63) is 71.8 Å². The Labute approximate surface area is 126 Å². The van der Waals surface area contributed by atoms with Crippen LogP contribution in [0.4, 0.5) is 0 Å². The molecule has 0 N–H and O–H groups in total. The molecule has 1 heterocycles. The van der Waals surface area contributed by atoms with Gasteiger partial charge in [-0.05, 0) is 23.5 Å². The summed E-state index contributed by atoms with van der Waals surface area (Å²) in [5.74, 6) is 0.409. The van der Waals surface area contributed by atoms with Gasteiger partial charge in [0.15, 0.2) is 0 Å². The molecular weight excluding hydrogens is 282 g/mol. The summed E-state index contributed by atoms with van der Waals surface area (Å²) in [6.07, 6.45) is 0.901. The van der Waals surface area contributed by atoms with E-state index in [0.29, 0.717) is 19.0 Å². The average molecular weight is 301 g/mol. The molecule has 1 fully saturated rings. The Balaban J connectivity index is 1.71. The maximum atomic E-state index is 12.5. The van der Waals surface area contributed by atoms with E-state index in [4.69, 9.17) is 0 Å². The number of rotatable bonds is 4. The molecular formula is C17H19NO2S. The topological polar surface area (TPSA) is 37.4 Å². The molecule has 1 saturated heterocycles. The zero-order valence-electron chi connectivity index (χ0n) is 11.9. The van der Waals surface area contributed by atoms with E-state index >= 15 is 0 Å². The van der Waals surface area contributed by atoms with Crippen LogP contribution in [0.15, 0.2) is 60.7 Å². The quantitative estimate of drug-likeness (QED) is 0.870. The first-order valence-electron chi connectivity index (χ1n) is 7.22. The predicted octanol–water partition coefficient (Wildman–Crippen LogP) is 3.01. The molecule has 21 heavy (non-hydrogen) atoms. The lowest BCUT2D eigenvalue weighted by molar-refractivity contribution is 0.472. The zero-order valence-corrected chi connectivity index (χ0v) is 12.7.